The minimum absolute atomic E-state index is 0.125. The third kappa shape index (κ3) is 4.59. The van der Waals surface area contributed by atoms with Gasteiger partial charge in [0, 0.05) is 31.1 Å². The normalized spacial score (nSPS) is 16.6. The predicted octanol–water partition coefficient (Wildman–Crippen LogP) is 2.89. The molecule has 2 heterocycles. The van der Waals surface area contributed by atoms with E-state index < -0.39 is 10.8 Å². The molecule has 2 aromatic rings. The summed E-state index contributed by atoms with van der Waals surface area (Å²) < 4.78 is 30.9. The van der Waals surface area contributed by atoms with Crippen LogP contribution >= 0.6 is 0 Å². The molecule has 0 spiro atoms. The fourth-order valence-electron chi connectivity index (χ4n) is 3.02. The number of hydrogen-bond acceptors (Lipinski definition) is 4. The van der Waals surface area contributed by atoms with Crippen LogP contribution in [0, 0.1) is 5.82 Å². The van der Waals surface area contributed by atoms with Gasteiger partial charge in [-0.15, -0.1) is 0 Å². The van der Waals surface area contributed by atoms with Crippen molar-refractivity contribution in [1.82, 2.24) is 9.80 Å². The molecule has 0 N–H and O–H groups in total. The number of benzene rings is 1. The lowest BCUT2D eigenvalue weighted by Crippen LogP contribution is -2.48. The van der Waals surface area contributed by atoms with Crippen LogP contribution in [0.15, 0.2) is 45.7 Å². The van der Waals surface area contributed by atoms with Crippen molar-refractivity contribution in [2.45, 2.75) is 24.0 Å². The first kappa shape index (κ1) is 18.8. The molecule has 7 heteroatoms. The maximum absolute atomic E-state index is 13.0. The van der Waals surface area contributed by atoms with Crippen molar-refractivity contribution in [2.24, 2.45) is 0 Å². The Morgan fingerprint density at radius 1 is 1.12 bits per heavy atom. The lowest BCUT2D eigenvalue weighted by Gasteiger charge is -2.34. The number of carbonyl (C=O) groups excluding carboxylic acids is 1. The van der Waals surface area contributed by atoms with Crippen LogP contribution in [0.1, 0.15) is 29.7 Å². The van der Waals surface area contributed by atoms with Gasteiger partial charge in [0.05, 0.1) is 16.6 Å². The Labute approximate surface area is 155 Å². The molecule has 1 atom stereocenters. The Morgan fingerprint density at radius 3 is 2.46 bits per heavy atom. The van der Waals surface area contributed by atoms with E-state index in [0.717, 1.165) is 26.1 Å². The topological polar surface area (TPSA) is 53.8 Å². The van der Waals surface area contributed by atoms with E-state index in [2.05, 4.69) is 11.8 Å². The van der Waals surface area contributed by atoms with E-state index in [1.165, 1.54) is 24.3 Å². The second-order valence-corrected chi connectivity index (χ2v) is 7.79. The molecule has 1 aromatic heterocycles. The van der Waals surface area contributed by atoms with E-state index in [1.54, 1.807) is 17.0 Å². The van der Waals surface area contributed by atoms with Gasteiger partial charge in [-0.05, 0) is 49.4 Å². The average molecular weight is 378 g/mol. The summed E-state index contributed by atoms with van der Waals surface area (Å²) in [5.41, 5.74) is 0. The number of furan rings is 1. The second-order valence-electron chi connectivity index (χ2n) is 6.34. The van der Waals surface area contributed by atoms with E-state index >= 15 is 0 Å². The van der Waals surface area contributed by atoms with E-state index in [0.29, 0.717) is 23.7 Å². The SMILES string of the molecule is CCCN1CCN(C(=O)c2ccc(C[S@](=O)c3ccc(F)cc3)o2)CC1. The van der Waals surface area contributed by atoms with Crippen LogP contribution in [0.5, 0.6) is 0 Å². The molecule has 140 valence electrons. The molecule has 1 fully saturated rings. The van der Waals surface area contributed by atoms with Gasteiger partial charge in [0.2, 0.25) is 0 Å². The van der Waals surface area contributed by atoms with E-state index in [-0.39, 0.29) is 23.2 Å². The summed E-state index contributed by atoms with van der Waals surface area (Å²) >= 11 is 0. The maximum Gasteiger partial charge on any atom is 0.289 e. The van der Waals surface area contributed by atoms with Gasteiger partial charge >= 0.3 is 0 Å². The van der Waals surface area contributed by atoms with Crippen molar-refractivity contribution in [3.63, 3.8) is 0 Å². The van der Waals surface area contributed by atoms with Crippen molar-refractivity contribution >= 4 is 16.7 Å². The van der Waals surface area contributed by atoms with E-state index in [1.807, 2.05) is 0 Å². The first-order chi connectivity index (χ1) is 12.6. The molecule has 5 nitrogen and oxygen atoms in total. The molecule has 1 aliphatic heterocycles. The minimum Gasteiger partial charge on any atom is -0.455 e. The smallest absolute Gasteiger partial charge is 0.289 e. The molecular formula is C19H23FN2O3S. The van der Waals surface area contributed by atoms with Crippen LogP contribution in [0.2, 0.25) is 0 Å². The van der Waals surface area contributed by atoms with Crippen LogP contribution in [0.3, 0.4) is 0 Å². The highest BCUT2D eigenvalue weighted by Gasteiger charge is 2.24. The van der Waals surface area contributed by atoms with Crippen LogP contribution in [0.4, 0.5) is 4.39 Å². The van der Waals surface area contributed by atoms with E-state index in [9.17, 15) is 13.4 Å². The zero-order valence-corrected chi connectivity index (χ0v) is 15.6. The van der Waals surface area contributed by atoms with Crippen molar-refractivity contribution in [3.8, 4) is 0 Å². The monoisotopic (exact) mass is 378 g/mol. The summed E-state index contributed by atoms with van der Waals surface area (Å²) in [6.45, 7) is 6.34. The summed E-state index contributed by atoms with van der Waals surface area (Å²) in [7, 11) is -1.35. The number of hydrogen-bond donors (Lipinski definition) is 0. The lowest BCUT2D eigenvalue weighted by atomic mass is 10.2. The van der Waals surface area contributed by atoms with Crippen LogP contribution in [-0.4, -0.2) is 52.6 Å². The molecule has 3 rings (SSSR count). The summed E-state index contributed by atoms with van der Waals surface area (Å²) in [5, 5.41) is 0. The highest BCUT2D eigenvalue weighted by molar-refractivity contribution is 7.84. The molecular weight excluding hydrogens is 355 g/mol. The molecule has 1 amide bonds. The molecule has 1 aliphatic rings. The first-order valence-corrected chi connectivity index (χ1v) is 10.1. The van der Waals surface area contributed by atoms with Gasteiger partial charge in [-0.1, -0.05) is 6.92 Å². The van der Waals surface area contributed by atoms with Gasteiger partial charge < -0.3 is 9.32 Å². The van der Waals surface area contributed by atoms with Gasteiger partial charge in [-0.2, -0.15) is 0 Å². The third-order valence-corrected chi connectivity index (χ3v) is 5.77. The highest BCUT2D eigenvalue weighted by atomic mass is 32.2. The van der Waals surface area contributed by atoms with Crippen LogP contribution in [-0.2, 0) is 16.6 Å². The van der Waals surface area contributed by atoms with Crippen LogP contribution in [0.25, 0.3) is 0 Å². The van der Waals surface area contributed by atoms with Crippen molar-refractivity contribution < 1.29 is 17.8 Å². The molecule has 26 heavy (non-hydrogen) atoms. The molecule has 0 saturated carbocycles. The second kappa shape index (κ2) is 8.60. The van der Waals surface area contributed by atoms with Gasteiger partial charge in [-0.3, -0.25) is 13.9 Å². The Balaban J connectivity index is 1.58. The Morgan fingerprint density at radius 2 is 1.81 bits per heavy atom. The number of amides is 1. The van der Waals surface area contributed by atoms with Crippen LogP contribution < -0.4 is 0 Å². The number of carbonyl (C=O) groups is 1. The Hall–Kier alpha value is -1.99. The molecule has 0 unspecified atom stereocenters. The number of rotatable bonds is 6. The molecule has 0 bridgehead atoms. The van der Waals surface area contributed by atoms with Crippen molar-refractivity contribution in [1.29, 1.82) is 0 Å². The number of nitrogens with zero attached hydrogens (tertiary/aromatic N) is 2. The van der Waals surface area contributed by atoms with Gasteiger partial charge in [-0.25, -0.2) is 4.39 Å². The highest BCUT2D eigenvalue weighted by Crippen LogP contribution is 2.17. The lowest BCUT2D eigenvalue weighted by molar-refractivity contribution is 0.0605. The predicted molar refractivity (Wildman–Crippen MR) is 97.9 cm³/mol. The molecule has 0 radical (unpaired) electrons. The molecule has 1 aromatic carbocycles. The van der Waals surface area contributed by atoms with Gasteiger partial charge in [0.15, 0.2) is 5.76 Å². The molecule has 1 saturated heterocycles. The zero-order chi connectivity index (χ0) is 18.5. The summed E-state index contributed by atoms with van der Waals surface area (Å²) in [4.78, 5) is 17.2. The third-order valence-electron chi connectivity index (χ3n) is 4.42. The summed E-state index contributed by atoms with van der Waals surface area (Å²) in [5.74, 6) is 0.430. The number of halogens is 1. The first-order valence-electron chi connectivity index (χ1n) is 8.81. The fraction of sp³-hybridized carbons (Fsp3) is 0.421. The van der Waals surface area contributed by atoms with E-state index in [4.69, 9.17) is 4.42 Å². The standard InChI is InChI=1S/C19H23FN2O3S/c1-2-9-21-10-12-22(13-11-21)19(23)18-8-5-16(25-18)14-26(24)17-6-3-15(20)4-7-17/h3-8H,2,9-14H2,1H3/t26-/m0/s1. The quantitative estimate of drug-likeness (QED) is 0.776. The number of piperazine rings is 1. The Kier molecular flexibility index (Phi) is 6.21. The van der Waals surface area contributed by atoms with Crippen molar-refractivity contribution in [3.05, 3.63) is 53.7 Å². The zero-order valence-electron chi connectivity index (χ0n) is 14.8. The van der Waals surface area contributed by atoms with Crippen molar-refractivity contribution in [2.75, 3.05) is 32.7 Å². The molecule has 0 aliphatic carbocycles. The van der Waals surface area contributed by atoms with Gasteiger partial charge in [0.1, 0.15) is 11.6 Å². The average Bonchev–Trinajstić information content (AvgIpc) is 3.11. The minimum atomic E-state index is -1.35. The maximum atomic E-state index is 13.0. The summed E-state index contributed by atoms with van der Waals surface area (Å²) in [6, 6.07) is 8.87. The largest absolute Gasteiger partial charge is 0.455 e. The van der Waals surface area contributed by atoms with Gasteiger partial charge in [0.25, 0.3) is 5.91 Å². The Bertz CT molecular complexity index is 767. The summed E-state index contributed by atoms with van der Waals surface area (Å²) in [6.07, 6.45) is 1.11. The fourth-order valence-corrected chi connectivity index (χ4v) is 4.04.